The molecule has 0 aliphatic carbocycles. The lowest BCUT2D eigenvalue weighted by Crippen LogP contribution is -2.34. The Balaban J connectivity index is 1.68. The molecule has 0 radical (unpaired) electrons. The first-order chi connectivity index (χ1) is 11.1. The van der Waals surface area contributed by atoms with Crippen molar-refractivity contribution in [1.29, 1.82) is 0 Å². The third-order valence-electron chi connectivity index (χ3n) is 4.29. The summed E-state index contributed by atoms with van der Waals surface area (Å²) in [4.78, 5) is 13.4. The largest absolute Gasteiger partial charge is 0.492 e. The summed E-state index contributed by atoms with van der Waals surface area (Å²) in [6.45, 7) is 3.52. The van der Waals surface area contributed by atoms with Crippen molar-refractivity contribution in [2.24, 2.45) is 5.73 Å². The van der Waals surface area contributed by atoms with Gasteiger partial charge < -0.3 is 15.4 Å². The normalized spacial score (nSPS) is 15.0. The van der Waals surface area contributed by atoms with Crippen LogP contribution < -0.4 is 10.5 Å². The topological polar surface area (TPSA) is 55.6 Å². The van der Waals surface area contributed by atoms with E-state index in [1.165, 1.54) is 11.1 Å². The quantitative estimate of drug-likeness (QED) is 0.944. The molecule has 23 heavy (non-hydrogen) atoms. The molecule has 0 bridgehead atoms. The minimum atomic E-state index is -0.187. The standard InChI is InChI=1S/C19H22N2O2/c1-14(22)21-10-9-15-7-8-16(11-17(15)12-21)19(20)13-23-18-5-3-2-4-6-18/h2-8,11,19H,9-10,12-13,20H2,1H3. The first kappa shape index (κ1) is 15.6. The second-order valence-electron chi connectivity index (χ2n) is 5.95. The van der Waals surface area contributed by atoms with E-state index >= 15 is 0 Å². The molecule has 4 nitrogen and oxygen atoms in total. The fraction of sp³-hybridized carbons (Fsp3) is 0.316. The number of para-hydroxylation sites is 1. The van der Waals surface area contributed by atoms with Crippen molar-refractivity contribution in [3.8, 4) is 5.75 Å². The SMILES string of the molecule is CC(=O)N1CCc2ccc(C(N)COc3ccccc3)cc2C1. The maximum Gasteiger partial charge on any atom is 0.219 e. The predicted molar refractivity (Wildman–Crippen MR) is 90.1 cm³/mol. The average Bonchev–Trinajstić information content (AvgIpc) is 2.59. The summed E-state index contributed by atoms with van der Waals surface area (Å²) in [5.74, 6) is 0.946. The van der Waals surface area contributed by atoms with Crippen LogP contribution in [0.5, 0.6) is 5.75 Å². The van der Waals surface area contributed by atoms with Crippen LogP contribution in [0, 0.1) is 0 Å². The van der Waals surface area contributed by atoms with Crippen molar-refractivity contribution in [1.82, 2.24) is 4.90 Å². The number of hydrogen-bond acceptors (Lipinski definition) is 3. The summed E-state index contributed by atoms with van der Waals surface area (Å²) in [7, 11) is 0. The summed E-state index contributed by atoms with van der Waals surface area (Å²) in [5, 5.41) is 0. The summed E-state index contributed by atoms with van der Waals surface area (Å²) in [6, 6.07) is 15.8. The zero-order valence-corrected chi connectivity index (χ0v) is 13.4. The van der Waals surface area contributed by atoms with Gasteiger partial charge in [0.15, 0.2) is 0 Å². The molecular formula is C19H22N2O2. The molecular weight excluding hydrogens is 288 g/mol. The van der Waals surface area contributed by atoms with Crippen molar-refractivity contribution in [3.63, 3.8) is 0 Å². The number of hydrogen-bond donors (Lipinski definition) is 1. The molecule has 120 valence electrons. The summed E-state index contributed by atoms with van der Waals surface area (Å²) in [5.41, 5.74) is 9.81. The van der Waals surface area contributed by atoms with Crippen molar-refractivity contribution >= 4 is 5.91 Å². The molecule has 0 spiro atoms. The molecule has 1 atom stereocenters. The van der Waals surface area contributed by atoms with Gasteiger partial charge in [0.1, 0.15) is 12.4 Å². The van der Waals surface area contributed by atoms with Crippen molar-refractivity contribution in [2.75, 3.05) is 13.2 Å². The number of carbonyl (C=O) groups is 1. The Kier molecular flexibility index (Phi) is 4.63. The van der Waals surface area contributed by atoms with E-state index in [0.717, 1.165) is 24.3 Å². The first-order valence-corrected chi connectivity index (χ1v) is 7.94. The number of carbonyl (C=O) groups excluding carboxylic acids is 1. The molecule has 3 rings (SSSR count). The van der Waals surface area contributed by atoms with E-state index in [1.807, 2.05) is 35.2 Å². The molecule has 0 fully saturated rings. The van der Waals surface area contributed by atoms with Crippen LogP contribution in [0.1, 0.15) is 29.7 Å². The molecule has 1 heterocycles. The summed E-state index contributed by atoms with van der Waals surface area (Å²) in [6.07, 6.45) is 0.908. The Hall–Kier alpha value is -2.33. The highest BCUT2D eigenvalue weighted by Crippen LogP contribution is 2.23. The highest BCUT2D eigenvalue weighted by atomic mass is 16.5. The predicted octanol–water partition coefficient (Wildman–Crippen LogP) is 2.67. The molecule has 2 N–H and O–H groups in total. The van der Waals surface area contributed by atoms with E-state index in [0.29, 0.717) is 13.2 Å². The number of ether oxygens (including phenoxy) is 1. The van der Waals surface area contributed by atoms with Crippen LogP contribution in [0.2, 0.25) is 0 Å². The lowest BCUT2D eigenvalue weighted by molar-refractivity contribution is -0.129. The van der Waals surface area contributed by atoms with Crippen LogP contribution in [0.25, 0.3) is 0 Å². The number of amides is 1. The Morgan fingerprint density at radius 3 is 2.74 bits per heavy atom. The van der Waals surface area contributed by atoms with Crippen molar-refractivity contribution in [2.45, 2.75) is 25.9 Å². The van der Waals surface area contributed by atoms with Gasteiger partial charge in [0.25, 0.3) is 0 Å². The van der Waals surface area contributed by atoms with Gasteiger partial charge in [-0.3, -0.25) is 4.79 Å². The van der Waals surface area contributed by atoms with Gasteiger partial charge >= 0.3 is 0 Å². The van der Waals surface area contributed by atoms with E-state index in [2.05, 4.69) is 18.2 Å². The lowest BCUT2D eigenvalue weighted by Gasteiger charge is -2.28. The summed E-state index contributed by atoms with van der Waals surface area (Å²) < 4.78 is 5.74. The maximum absolute atomic E-state index is 11.6. The fourth-order valence-corrected chi connectivity index (χ4v) is 2.88. The molecule has 1 unspecified atom stereocenters. The maximum atomic E-state index is 11.6. The van der Waals surface area contributed by atoms with E-state index in [1.54, 1.807) is 6.92 Å². The third kappa shape index (κ3) is 3.71. The van der Waals surface area contributed by atoms with Crippen LogP contribution in [-0.4, -0.2) is 24.0 Å². The van der Waals surface area contributed by atoms with Gasteiger partial charge in [0.2, 0.25) is 5.91 Å². The monoisotopic (exact) mass is 310 g/mol. The molecule has 0 aromatic heterocycles. The Morgan fingerprint density at radius 1 is 1.22 bits per heavy atom. The van der Waals surface area contributed by atoms with Crippen LogP contribution in [0.3, 0.4) is 0 Å². The number of benzene rings is 2. The first-order valence-electron chi connectivity index (χ1n) is 7.94. The molecule has 1 amide bonds. The van der Waals surface area contributed by atoms with Gasteiger partial charge in [-0.15, -0.1) is 0 Å². The van der Waals surface area contributed by atoms with Gasteiger partial charge in [0.05, 0.1) is 6.04 Å². The summed E-state index contributed by atoms with van der Waals surface area (Å²) >= 11 is 0. The van der Waals surface area contributed by atoms with Crippen LogP contribution in [0.15, 0.2) is 48.5 Å². The Morgan fingerprint density at radius 2 is 2.00 bits per heavy atom. The minimum absolute atomic E-state index is 0.123. The zero-order valence-electron chi connectivity index (χ0n) is 13.4. The van der Waals surface area contributed by atoms with Crippen molar-refractivity contribution < 1.29 is 9.53 Å². The second-order valence-corrected chi connectivity index (χ2v) is 5.95. The molecule has 0 saturated carbocycles. The average molecular weight is 310 g/mol. The van der Waals surface area contributed by atoms with Gasteiger partial charge in [-0.05, 0) is 35.2 Å². The van der Waals surface area contributed by atoms with Gasteiger partial charge in [-0.25, -0.2) is 0 Å². The highest BCUT2D eigenvalue weighted by molar-refractivity contribution is 5.73. The fourth-order valence-electron chi connectivity index (χ4n) is 2.88. The minimum Gasteiger partial charge on any atom is -0.492 e. The van der Waals surface area contributed by atoms with E-state index in [4.69, 9.17) is 10.5 Å². The van der Waals surface area contributed by atoms with E-state index < -0.39 is 0 Å². The van der Waals surface area contributed by atoms with Crippen LogP contribution in [0.4, 0.5) is 0 Å². The molecule has 2 aromatic carbocycles. The van der Waals surface area contributed by atoms with Gasteiger partial charge in [-0.1, -0.05) is 36.4 Å². The molecule has 4 heteroatoms. The molecule has 0 saturated heterocycles. The zero-order chi connectivity index (χ0) is 16.2. The lowest BCUT2D eigenvalue weighted by atomic mass is 9.95. The number of rotatable bonds is 4. The van der Waals surface area contributed by atoms with Crippen molar-refractivity contribution in [3.05, 3.63) is 65.2 Å². The third-order valence-corrected chi connectivity index (χ3v) is 4.29. The van der Waals surface area contributed by atoms with Crippen LogP contribution >= 0.6 is 0 Å². The Labute approximate surface area is 136 Å². The molecule has 1 aliphatic rings. The highest BCUT2D eigenvalue weighted by Gasteiger charge is 2.19. The van der Waals surface area contributed by atoms with Gasteiger partial charge in [-0.2, -0.15) is 0 Å². The number of nitrogens with zero attached hydrogens (tertiary/aromatic N) is 1. The molecule has 1 aliphatic heterocycles. The van der Waals surface area contributed by atoms with Crippen LogP contribution in [-0.2, 0) is 17.8 Å². The smallest absolute Gasteiger partial charge is 0.219 e. The Bertz CT molecular complexity index is 685. The number of fused-ring (bicyclic) bond motifs is 1. The second kappa shape index (κ2) is 6.84. The molecule has 2 aromatic rings. The number of nitrogens with two attached hydrogens (primary N) is 1. The van der Waals surface area contributed by atoms with E-state index in [9.17, 15) is 4.79 Å². The van der Waals surface area contributed by atoms with E-state index in [-0.39, 0.29) is 11.9 Å². The van der Waals surface area contributed by atoms with Gasteiger partial charge in [0, 0.05) is 20.0 Å².